The molecular weight excluding hydrogens is 226 g/mol. The number of hydrogen-bond acceptors (Lipinski definition) is 3. The van der Waals surface area contributed by atoms with Crippen molar-refractivity contribution in [1.82, 2.24) is 0 Å². The van der Waals surface area contributed by atoms with E-state index in [0.717, 1.165) is 18.7 Å². The lowest BCUT2D eigenvalue weighted by molar-refractivity contribution is -0.121. The van der Waals surface area contributed by atoms with Crippen LogP contribution in [0.25, 0.3) is 0 Å². The molecule has 1 aromatic carbocycles. The number of aliphatic hydroxyl groups excluding tert-OH is 1. The Balaban J connectivity index is 2.06. The maximum absolute atomic E-state index is 12.3. The Morgan fingerprint density at radius 3 is 2.61 bits per heavy atom. The van der Waals surface area contributed by atoms with Crippen LogP contribution in [0.3, 0.4) is 0 Å². The van der Waals surface area contributed by atoms with Crippen LogP contribution in [0.4, 0.5) is 5.69 Å². The molecule has 0 aromatic heterocycles. The summed E-state index contributed by atoms with van der Waals surface area (Å²) in [6.45, 7) is 4.98. The van der Waals surface area contributed by atoms with E-state index in [-0.39, 0.29) is 30.3 Å². The van der Waals surface area contributed by atoms with Crippen LogP contribution in [0.1, 0.15) is 20.3 Å². The number of aliphatic hydroxyl groups is 1. The molecule has 1 fully saturated rings. The number of carbonyl (C=O) groups is 1. The number of benzene rings is 1. The number of likely N-dealkylation sites (N-methyl/N-ethyl adjacent to an activating group) is 1. The molecule has 0 amide bonds. The van der Waals surface area contributed by atoms with Crippen molar-refractivity contribution in [1.29, 1.82) is 0 Å². The van der Waals surface area contributed by atoms with E-state index in [4.69, 9.17) is 5.11 Å². The molecule has 0 spiro atoms. The molecule has 3 unspecified atom stereocenters. The maximum Gasteiger partial charge on any atom is 0.158 e. The molecule has 2 rings (SSSR count). The Morgan fingerprint density at radius 2 is 2.11 bits per heavy atom. The molecule has 0 heterocycles. The molecule has 98 valence electrons. The van der Waals surface area contributed by atoms with Crippen molar-refractivity contribution in [2.24, 2.45) is 11.8 Å². The molecule has 3 heteroatoms. The van der Waals surface area contributed by atoms with E-state index in [0.29, 0.717) is 0 Å². The number of anilines is 1. The first kappa shape index (κ1) is 13.1. The fraction of sp³-hybridized carbons (Fsp3) is 0.533. The first-order valence-electron chi connectivity index (χ1n) is 6.65. The van der Waals surface area contributed by atoms with Gasteiger partial charge in [0.1, 0.15) is 0 Å². The van der Waals surface area contributed by atoms with Gasteiger partial charge >= 0.3 is 0 Å². The van der Waals surface area contributed by atoms with Crippen LogP contribution >= 0.6 is 0 Å². The maximum atomic E-state index is 12.3. The fourth-order valence-corrected chi connectivity index (χ4v) is 2.56. The smallest absolute Gasteiger partial charge is 0.158 e. The fourth-order valence-electron chi connectivity index (χ4n) is 2.56. The Kier molecular flexibility index (Phi) is 4.02. The summed E-state index contributed by atoms with van der Waals surface area (Å²) in [5.74, 6) is 0.539. The summed E-state index contributed by atoms with van der Waals surface area (Å²) in [5.41, 5.74) is 1.09. The van der Waals surface area contributed by atoms with Crippen molar-refractivity contribution >= 4 is 11.5 Å². The summed E-state index contributed by atoms with van der Waals surface area (Å²) in [7, 11) is 0. The first-order valence-corrected chi connectivity index (χ1v) is 6.65. The van der Waals surface area contributed by atoms with Crippen molar-refractivity contribution in [3.8, 4) is 0 Å². The van der Waals surface area contributed by atoms with Crippen LogP contribution in [-0.4, -0.2) is 30.1 Å². The minimum Gasteiger partial charge on any atom is -0.396 e. The molecule has 1 aromatic rings. The predicted molar refractivity (Wildman–Crippen MR) is 72.6 cm³/mol. The number of ketones is 1. The summed E-state index contributed by atoms with van der Waals surface area (Å²) in [6, 6.07) is 9.91. The lowest BCUT2D eigenvalue weighted by Gasteiger charge is -2.29. The third-order valence-electron chi connectivity index (χ3n) is 3.83. The predicted octanol–water partition coefficient (Wildman–Crippen LogP) is 2.10. The standard InChI is InChI=1S/C15H21NO2/c1-3-16(13-7-5-4-6-8-13)11(2)15(18)14-9-12(14)10-17/h4-8,11-12,14,17H,3,9-10H2,1-2H3. The number of hydrogen-bond donors (Lipinski definition) is 1. The Bertz CT molecular complexity index is 404. The molecule has 18 heavy (non-hydrogen) atoms. The van der Waals surface area contributed by atoms with E-state index < -0.39 is 0 Å². The molecule has 0 radical (unpaired) electrons. The van der Waals surface area contributed by atoms with Gasteiger partial charge in [-0.05, 0) is 38.3 Å². The summed E-state index contributed by atoms with van der Waals surface area (Å²) in [4.78, 5) is 14.4. The van der Waals surface area contributed by atoms with Crippen molar-refractivity contribution in [3.63, 3.8) is 0 Å². The summed E-state index contributed by atoms with van der Waals surface area (Å²) in [6.07, 6.45) is 0.853. The molecule has 3 atom stereocenters. The van der Waals surface area contributed by atoms with E-state index in [2.05, 4.69) is 11.8 Å². The molecule has 1 aliphatic carbocycles. The van der Waals surface area contributed by atoms with Gasteiger partial charge in [-0.25, -0.2) is 0 Å². The second-order valence-electron chi connectivity index (χ2n) is 4.98. The van der Waals surface area contributed by atoms with Gasteiger partial charge in [0.05, 0.1) is 6.04 Å². The molecule has 0 bridgehead atoms. The van der Waals surface area contributed by atoms with Gasteiger partial charge in [-0.1, -0.05) is 18.2 Å². The highest BCUT2D eigenvalue weighted by atomic mass is 16.3. The summed E-state index contributed by atoms with van der Waals surface area (Å²) < 4.78 is 0. The number of carbonyl (C=O) groups excluding carboxylic acids is 1. The topological polar surface area (TPSA) is 40.5 Å². The second-order valence-corrected chi connectivity index (χ2v) is 4.98. The van der Waals surface area contributed by atoms with Gasteiger partial charge in [0.25, 0.3) is 0 Å². The quantitative estimate of drug-likeness (QED) is 0.837. The van der Waals surface area contributed by atoms with Crippen LogP contribution in [0.2, 0.25) is 0 Å². The zero-order valence-electron chi connectivity index (χ0n) is 11.0. The monoisotopic (exact) mass is 247 g/mol. The molecule has 0 saturated heterocycles. The first-order chi connectivity index (χ1) is 8.69. The molecule has 1 saturated carbocycles. The molecular formula is C15H21NO2. The van der Waals surface area contributed by atoms with Gasteiger partial charge in [-0.2, -0.15) is 0 Å². The largest absolute Gasteiger partial charge is 0.396 e. The van der Waals surface area contributed by atoms with Gasteiger partial charge < -0.3 is 10.0 Å². The van der Waals surface area contributed by atoms with Gasteiger partial charge in [0, 0.05) is 24.8 Å². The van der Waals surface area contributed by atoms with Gasteiger partial charge in [-0.3, -0.25) is 4.79 Å². The van der Waals surface area contributed by atoms with Gasteiger partial charge in [-0.15, -0.1) is 0 Å². The van der Waals surface area contributed by atoms with Crippen molar-refractivity contribution in [2.75, 3.05) is 18.1 Å². The van der Waals surface area contributed by atoms with Crippen LogP contribution in [-0.2, 0) is 4.79 Å². The molecule has 3 nitrogen and oxygen atoms in total. The summed E-state index contributed by atoms with van der Waals surface area (Å²) in [5, 5.41) is 9.05. The van der Waals surface area contributed by atoms with Crippen LogP contribution in [0.15, 0.2) is 30.3 Å². The number of Topliss-reactive ketones (excluding diaryl/α,β-unsaturated/α-hetero) is 1. The van der Waals surface area contributed by atoms with Crippen molar-refractivity contribution in [3.05, 3.63) is 30.3 Å². The van der Waals surface area contributed by atoms with E-state index >= 15 is 0 Å². The minimum absolute atomic E-state index is 0.0720. The Morgan fingerprint density at radius 1 is 1.44 bits per heavy atom. The zero-order chi connectivity index (χ0) is 13.1. The van der Waals surface area contributed by atoms with Gasteiger partial charge in [0.15, 0.2) is 5.78 Å². The zero-order valence-corrected chi connectivity index (χ0v) is 11.0. The van der Waals surface area contributed by atoms with Crippen molar-refractivity contribution in [2.45, 2.75) is 26.3 Å². The second kappa shape index (κ2) is 5.53. The Labute approximate surface area is 108 Å². The van der Waals surface area contributed by atoms with Crippen molar-refractivity contribution < 1.29 is 9.90 Å². The van der Waals surface area contributed by atoms with Crippen LogP contribution < -0.4 is 4.90 Å². The number of rotatable bonds is 6. The van der Waals surface area contributed by atoms with E-state index in [1.165, 1.54) is 0 Å². The van der Waals surface area contributed by atoms with Crippen LogP contribution in [0.5, 0.6) is 0 Å². The Hall–Kier alpha value is -1.35. The minimum atomic E-state index is -0.112. The molecule has 1 N–H and O–H groups in total. The highest BCUT2D eigenvalue weighted by Gasteiger charge is 2.44. The number of para-hydroxylation sites is 1. The van der Waals surface area contributed by atoms with Gasteiger partial charge in [0.2, 0.25) is 0 Å². The highest BCUT2D eigenvalue weighted by Crippen LogP contribution is 2.40. The normalized spacial score (nSPS) is 23.5. The lowest BCUT2D eigenvalue weighted by atomic mass is 10.1. The van der Waals surface area contributed by atoms with Crippen LogP contribution in [0, 0.1) is 11.8 Å². The average Bonchev–Trinajstić information content (AvgIpc) is 3.19. The SMILES string of the molecule is CCN(c1ccccc1)C(C)C(=O)C1CC1CO. The third kappa shape index (κ3) is 2.56. The van der Waals surface area contributed by atoms with E-state index in [1.54, 1.807) is 0 Å². The van der Waals surface area contributed by atoms with E-state index in [9.17, 15) is 4.79 Å². The lowest BCUT2D eigenvalue weighted by Crippen LogP contribution is -2.40. The highest BCUT2D eigenvalue weighted by molar-refractivity contribution is 5.91. The third-order valence-corrected chi connectivity index (χ3v) is 3.83. The summed E-state index contributed by atoms with van der Waals surface area (Å²) >= 11 is 0. The molecule has 1 aliphatic rings. The molecule has 0 aliphatic heterocycles. The van der Waals surface area contributed by atoms with E-state index in [1.807, 2.05) is 37.3 Å². The number of nitrogens with zero attached hydrogens (tertiary/aromatic N) is 1. The average molecular weight is 247 g/mol.